The van der Waals surface area contributed by atoms with Gasteiger partial charge in [0.2, 0.25) is 0 Å². The molecule has 0 aliphatic carbocycles. The largest absolute Gasteiger partial charge is 0.444 e. The number of amides is 1. The Hall–Kier alpha value is -1.03. The second-order valence-corrected chi connectivity index (χ2v) is 7.80. The van der Waals surface area contributed by atoms with Crippen LogP contribution in [0.15, 0.2) is 28.7 Å². The van der Waals surface area contributed by atoms with Gasteiger partial charge in [0, 0.05) is 11.0 Å². The number of benzene rings is 1. The minimum absolute atomic E-state index is 0.115. The summed E-state index contributed by atoms with van der Waals surface area (Å²) in [6, 6.07) is 8.34. The Labute approximate surface area is 135 Å². The van der Waals surface area contributed by atoms with Gasteiger partial charge in [-0.05, 0) is 57.2 Å². The topological polar surface area (TPSA) is 29.5 Å². The molecule has 0 aromatic heterocycles. The third-order valence-electron chi connectivity index (χ3n) is 3.70. The molecular weight excluding hydrogens is 330 g/mol. The third kappa shape index (κ3) is 4.47. The van der Waals surface area contributed by atoms with Crippen LogP contribution in [0.1, 0.15) is 52.1 Å². The van der Waals surface area contributed by atoms with Gasteiger partial charge in [-0.2, -0.15) is 0 Å². The first-order valence-electron chi connectivity index (χ1n) is 7.51. The van der Waals surface area contributed by atoms with Crippen molar-refractivity contribution in [2.75, 3.05) is 6.54 Å². The summed E-state index contributed by atoms with van der Waals surface area (Å²) in [5.74, 6) is 0.518. The zero-order valence-corrected chi connectivity index (χ0v) is 14.8. The van der Waals surface area contributed by atoms with Crippen LogP contribution in [0.3, 0.4) is 0 Å². The summed E-state index contributed by atoms with van der Waals surface area (Å²) in [7, 11) is 0. The number of nitrogens with zero attached hydrogens (tertiary/aromatic N) is 1. The maximum atomic E-state index is 12.5. The lowest BCUT2D eigenvalue weighted by Crippen LogP contribution is -2.44. The molecular formula is C17H24BrNO2. The number of hydrogen-bond acceptors (Lipinski definition) is 2. The Balaban J connectivity index is 2.21. The average Bonchev–Trinajstić information content (AvgIpc) is 2.38. The van der Waals surface area contributed by atoms with E-state index in [4.69, 9.17) is 4.74 Å². The van der Waals surface area contributed by atoms with E-state index in [0.717, 1.165) is 23.9 Å². The van der Waals surface area contributed by atoms with Crippen molar-refractivity contribution in [2.24, 2.45) is 5.92 Å². The van der Waals surface area contributed by atoms with Gasteiger partial charge >= 0.3 is 6.09 Å². The molecule has 0 spiro atoms. The van der Waals surface area contributed by atoms with Crippen LogP contribution in [0.5, 0.6) is 0 Å². The standard InChI is InChI=1S/C17H24BrNO2/c1-12-5-10-15(13-6-8-14(18)9-7-13)19(11-12)16(20)21-17(2,3)4/h6-9,12,15H,5,10-11H2,1-4H3. The van der Waals surface area contributed by atoms with Crippen molar-refractivity contribution >= 4 is 22.0 Å². The van der Waals surface area contributed by atoms with E-state index in [0.29, 0.717) is 5.92 Å². The molecule has 3 nitrogen and oxygen atoms in total. The Morgan fingerprint density at radius 1 is 1.24 bits per heavy atom. The SMILES string of the molecule is CC1CCC(c2ccc(Br)cc2)N(C(=O)OC(C)(C)C)C1. The first kappa shape index (κ1) is 16.3. The highest BCUT2D eigenvalue weighted by molar-refractivity contribution is 9.10. The number of likely N-dealkylation sites (tertiary alicyclic amines) is 1. The van der Waals surface area contributed by atoms with Crippen molar-refractivity contribution in [1.82, 2.24) is 4.90 Å². The molecule has 0 bridgehead atoms. The third-order valence-corrected chi connectivity index (χ3v) is 4.23. The summed E-state index contributed by atoms with van der Waals surface area (Å²) in [4.78, 5) is 14.4. The van der Waals surface area contributed by atoms with E-state index in [1.807, 2.05) is 37.8 Å². The smallest absolute Gasteiger partial charge is 0.410 e. The second-order valence-electron chi connectivity index (χ2n) is 6.88. The molecule has 1 fully saturated rings. The van der Waals surface area contributed by atoms with Crippen LogP contribution in [-0.4, -0.2) is 23.1 Å². The van der Waals surface area contributed by atoms with Crippen LogP contribution < -0.4 is 0 Å². The Kier molecular flexibility index (Phi) is 4.97. The molecule has 2 atom stereocenters. The van der Waals surface area contributed by atoms with Crippen LogP contribution in [0.4, 0.5) is 4.79 Å². The summed E-state index contributed by atoms with van der Waals surface area (Å²) in [5.41, 5.74) is 0.720. The van der Waals surface area contributed by atoms with Gasteiger partial charge < -0.3 is 9.64 Å². The fourth-order valence-corrected chi connectivity index (χ4v) is 2.97. The molecule has 1 heterocycles. The molecule has 1 amide bonds. The molecule has 1 aromatic carbocycles. The first-order chi connectivity index (χ1) is 9.76. The summed E-state index contributed by atoms with van der Waals surface area (Å²) in [6.45, 7) is 8.68. The normalized spacial score (nSPS) is 23.0. The number of carbonyl (C=O) groups is 1. The van der Waals surface area contributed by atoms with Gasteiger partial charge in [-0.25, -0.2) is 4.79 Å². The van der Waals surface area contributed by atoms with Crippen molar-refractivity contribution < 1.29 is 9.53 Å². The highest BCUT2D eigenvalue weighted by atomic mass is 79.9. The Morgan fingerprint density at radius 3 is 2.43 bits per heavy atom. The maximum Gasteiger partial charge on any atom is 0.410 e. The number of carbonyl (C=O) groups excluding carboxylic acids is 1. The van der Waals surface area contributed by atoms with Crippen molar-refractivity contribution in [3.05, 3.63) is 34.3 Å². The number of rotatable bonds is 1. The monoisotopic (exact) mass is 353 g/mol. The lowest BCUT2D eigenvalue weighted by atomic mass is 9.90. The van der Waals surface area contributed by atoms with Gasteiger partial charge in [0.25, 0.3) is 0 Å². The quantitative estimate of drug-likeness (QED) is 0.697. The van der Waals surface area contributed by atoms with Crippen molar-refractivity contribution in [2.45, 2.75) is 52.2 Å². The highest BCUT2D eigenvalue weighted by Gasteiger charge is 2.33. The average molecular weight is 354 g/mol. The lowest BCUT2D eigenvalue weighted by molar-refractivity contribution is 0.00364. The molecule has 116 valence electrons. The zero-order valence-electron chi connectivity index (χ0n) is 13.2. The lowest BCUT2D eigenvalue weighted by Gasteiger charge is -2.39. The number of hydrogen-bond donors (Lipinski definition) is 0. The number of halogens is 1. The zero-order chi connectivity index (χ0) is 15.6. The van der Waals surface area contributed by atoms with Gasteiger partial charge in [-0.3, -0.25) is 0 Å². The second kappa shape index (κ2) is 6.39. The van der Waals surface area contributed by atoms with Crippen molar-refractivity contribution in [1.29, 1.82) is 0 Å². The van der Waals surface area contributed by atoms with Crippen molar-refractivity contribution in [3.8, 4) is 0 Å². The fraction of sp³-hybridized carbons (Fsp3) is 0.588. The maximum absolute atomic E-state index is 12.5. The van der Waals surface area contributed by atoms with E-state index < -0.39 is 5.60 Å². The van der Waals surface area contributed by atoms with Gasteiger partial charge in [0.05, 0.1) is 6.04 Å². The van der Waals surface area contributed by atoms with Crippen LogP contribution in [0.25, 0.3) is 0 Å². The number of ether oxygens (including phenoxy) is 1. The van der Waals surface area contributed by atoms with Crippen LogP contribution >= 0.6 is 15.9 Å². The predicted octanol–water partition coefficient (Wildman–Crippen LogP) is 5.16. The predicted molar refractivity (Wildman–Crippen MR) is 88.2 cm³/mol. The first-order valence-corrected chi connectivity index (χ1v) is 8.30. The van der Waals surface area contributed by atoms with Crippen molar-refractivity contribution in [3.63, 3.8) is 0 Å². The van der Waals surface area contributed by atoms with E-state index >= 15 is 0 Å². The highest BCUT2D eigenvalue weighted by Crippen LogP contribution is 2.34. The molecule has 4 heteroatoms. The molecule has 0 N–H and O–H groups in total. The molecule has 0 radical (unpaired) electrons. The van der Waals surface area contributed by atoms with Crippen LogP contribution in [-0.2, 0) is 4.74 Å². The molecule has 21 heavy (non-hydrogen) atoms. The summed E-state index contributed by atoms with van der Waals surface area (Å²) in [6.07, 6.45) is 1.92. The van der Waals surface area contributed by atoms with E-state index in [9.17, 15) is 4.79 Å². The van der Waals surface area contributed by atoms with Gasteiger partial charge in [0.1, 0.15) is 5.60 Å². The molecule has 1 saturated heterocycles. The molecule has 2 rings (SSSR count). The van der Waals surface area contributed by atoms with E-state index in [1.54, 1.807) is 0 Å². The fourth-order valence-electron chi connectivity index (χ4n) is 2.71. The van der Waals surface area contributed by atoms with Gasteiger partial charge in [-0.15, -0.1) is 0 Å². The Morgan fingerprint density at radius 2 is 1.86 bits per heavy atom. The van der Waals surface area contributed by atoms with Gasteiger partial charge in [0.15, 0.2) is 0 Å². The van der Waals surface area contributed by atoms with Crippen LogP contribution in [0.2, 0.25) is 0 Å². The van der Waals surface area contributed by atoms with Crippen LogP contribution in [0, 0.1) is 5.92 Å². The minimum Gasteiger partial charge on any atom is -0.444 e. The number of piperidine rings is 1. The molecule has 1 aliphatic heterocycles. The van der Waals surface area contributed by atoms with E-state index in [-0.39, 0.29) is 12.1 Å². The molecule has 0 saturated carbocycles. The Bertz CT molecular complexity index is 493. The summed E-state index contributed by atoms with van der Waals surface area (Å²) in [5, 5.41) is 0. The van der Waals surface area contributed by atoms with E-state index in [1.165, 1.54) is 5.56 Å². The molecule has 1 aromatic rings. The molecule has 2 unspecified atom stereocenters. The van der Waals surface area contributed by atoms with Gasteiger partial charge in [-0.1, -0.05) is 35.0 Å². The summed E-state index contributed by atoms with van der Waals surface area (Å²) >= 11 is 3.46. The molecule has 1 aliphatic rings. The summed E-state index contributed by atoms with van der Waals surface area (Å²) < 4.78 is 6.63. The van der Waals surface area contributed by atoms with E-state index in [2.05, 4.69) is 35.0 Å². The minimum atomic E-state index is -0.456.